The molecule has 5 nitrogen and oxygen atoms in total. The predicted octanol–water partition coefficient (Wildman–Crippen LogP) is 2.58. The number of aryl methyl sites for hydroxylation is 1. The summed E-state index contributed by atoms with van der Waals surface area (Å²) >= 11 is 0. The molecule has 2 heterocycles. The molecule has 0 saturated heterocycles. The highest BCUT2D eigenvalue weighted by molar-refractivity contribution is 5.96. The Hall–Kier alpha value is -2.30. The number of aromatic carboxylic acids is 1. The number of aromatic nitrogens is 1. The Labute approximate surface area is 128 Å². The maximum atomic E-state index is 11.9. The molecule has 0 saturated carbocycles. The van der Waals surface area contributed by atoms with Crippen molar-refractivity contribution in [3.63, 3.8) is 0 Å². The lowest BCUT2D eigenvalue weighted by molar-refractivity contribution is -0.132. The van der Waals surface area contributed by atoms with Gasteiger partial charge in [-0.2, -0.15) is 0 Å². The number of hydrogen-bond acceptors (Lipinski definition) is 2. The highest BCUT2D eigenvalue weighted by Gasteiger charge is 2.35. The lowest BCUT2D eigenvalue weighted by Gasteiger charge is -2.39. The van der Waals surface area contributed by atoms with Gasteiger partial charge in [0.2, 0.25) is 5.91 Å². The Morgan fingerprint density at radius 3 is 2.82 bits per heavy atom. The van der Waals surface area contributed by atoms with E-state index >= 15 is 0 Å². The van der Waals surface area contributed by atoms with Crippen LogP contribution in [0.15, 0.2) is 18.2 Å². The van der Waals surface area contributed by atoms with Gasteiger partial charge in [-0.15, -0.1) is 0 Å². The normalized spacial score (nSPS) is 20.0. The van der Waals surface area contributed by atoms with E-state index in [0.29, 0.717) is 5.56 Å². The summed E-state index contributed by atoms with van der Waals surface area (Å²) in [6.45, 7) is 3.15. The van der Waals surface area contributed by atoms with Gasteiger partial charge in [0, 0.05) is 36.6 Å². The van der Waals surface area contributed by atoms with E-state index < -0.39 is 5.97 Å². The molecule has 114 valence electrons. The third-order valence-electron chi connectivity index (χ3n) is 5.02. The van der Waals surface area contributed by atoms with Crippen molar-refractivity contribution in [2.24, 2.45) is 0 Å². The van der Waals surface area contributed by atoms with Crippen molar-refractivity contribution >= 4 is 22.8 Å². The Bertz CT molecular complexity index is 806. The molecule has 2 aromatic rings. The van der Waals surface area contributed by atoms with Gasteiger partial charge >= 0.3 is 5.97 Å². The average molecular weight is 298 g/mol. The van der Waals surface area contributed by atoms with Crippen molar-refractivity contribution in [1.29, 1.82) is 0 Å². The molecule has 4 rings (SSSR count). The van der Waals surface area contributed by atoms with Crippen LogP contribution in [0.3, 0.4) is 0 Å². The number of amides is 1. The van der Waals surface area contributed by atoms with E-state index in [4.69, 9.17) is 0 Å². The van der Waals surface area contributed by atoms with Gasteiger partial charge in [0.05, 0.1) is 11.6 Å². The Balaban J connectivity index is 1.97. The van der Waals surface area contributed by atoms with E-state index in [1.807, 2.05) is 11.0 Å². The fraction of sp³-hybridized carbons (Fsp3) is 0.412. The van der Waals surface area contributed by atoms with Gasteiger partial charge in [0.25, 0.3) is 0 Å². The van der Waals surface area contributed by atoms with E-state index in [2.05, 4.69) is 4.57 Å². The number of carbonyl (C=O) groups is 2. The molecule has 1 aromatic carbocycles. The minimum absolute atomic E-state index is 0.126. The standard InChI is InChI=1S/C17H18N2O3/c1-10(20)18-7-8-19-14-6-5-11(17(21)22)9-13(14)12-3-2-4-15(18)16(12)19/h5-6,9,15H,2-4,7-8H2,1H3,(H,21,22). The van der Waals surface area contributed by atoms with E-state index in [1.54, 1.807) is 19.1 Å². The second kappa shape index (κ2) is 4.60. The van der Waals surface area contributed by atoms with E-state index in [9.17, 15) is 14.7 Å². The number of hydrogen-bond donors (Lipinski definition) is 1. The van der Waals surface area contributed by atoms with Crippen LogP contribution < -0.4 is 0 Å². The van der Waals surface area contributed by atoms with Crippen molar-refractivity contribution in [2.45, 2.75) is 38.8 Å². The van der Waals surface area contributed by atoms with Gasteiger partial charge < -0.3 is 14.6 Å². The Morgan fingerprint density at radius 2 is 2.09 bits per heavy atom. The number of carboxylic acids is 1. The van der Waals surface area contributed by atoms with Crippen LogP contribution in [0.1, 0.15) is 47.4 Å². The molecule has 1 atom stereocenters. The van der Waals surface area contributed by atoms with Gasteiger partial charge in [0.15, 0.2) is 0 Å². The summed E-state index contributed by atoms with van der Waals surface area (Å²) in [6.07, 6.45) is 3.00. The van der Waals surface area contributed by atoms with Crippen molar-refractivity contribution < 1.29 is 14.7 Å². The fourth-order valence-corrected chi connectivity index (χ4v) is 4.11. The first-order valence-corrected chi connectivity index (χ1v) is 7.73. The Morgan fingerprint density at radius 1 is 1.27 bits per heavy atom. The van der Waals surface area contributed by atoms with Crippen LogP contribution >= 0.6 is 0 Å². The SMILES string of the molecule is CC(=O)N1CCn2c3c(c4cc(C(=O)O)ccc42)CCCC31. The lowest BCUT2D eigenvalue weighted by atomic mass is 9.89. The molecule has 1 aromatic heterocycles. The zero-order chi connectivity index (χ0) is 15.4. The summed E-state index contributed by atoms with van der Waals surface area (Å²) in [5, 5.41) is 10.3. The molecule has 0 bridgehead atoms. The van der Waals surface area contributed by atoms with Gasteiger partial charge in [-0.05, 0) is 43.0 Å². The summed E-state index contributed by atoms with van der Waals surface area (Å²) in [4.78, 5) is 25.1. The number of fused-ring (bicyclic) bond motifs is 3. The van der Waals surface area contributed by atoms with Gasteiger partial charge in [0.1, 0.15) is 0 Å². The zero-order valence-corrected chi connectivity index (χ0v) is 12.5. The number of rotatable bonds is 1. The molecule has 22 heavy (non-hydrogen) atoms. The van der Waals surface area contributed by atoms with Crippen LogP contribution in [-0.4, -0.2) is 33.0 Å². The second-order valence-electron chi connectivity index (χ2n) is 6.17. The molecule has 1 aliphatic heterocycles. The van der Waals surface area contributed by atoms with E-state index in [-0.39, 0.29) is 11.9 Å². The average Bonchev–Trinajstić information content (AvgIpc) is 2.83. The highest BCUT2D eigenvalue weighted by Crippen LogP contribution is 2.42. The van der Waals surface area contributed by atoms with Crippen molar-refractivity contribution in [3.05, 3.63) is 35.0 Å². The van der Waals surface area contributed by atoms with E-state index in [0.717, 1.165) is 43.3 Å². The number of carboxylic acid groups (broad SMARTS) is 1. The maximum absolute atomic E-state index is 11.9. The van der Waals surface area contributed by atoms with Crippen LogP contribution in [0, 0.1) is 0 Å². The van der Waals surface area contributed by atoms with Gasteiger partial charge in [-0.1, -0.05) is 0 Å². The molecule has 5 heteroatoms. The van der Waals surface area contributed by atoms with Crippen LogP contribution in [0.4, 0.5) is 0 Å². The smallest absolute Gasteiger partial charge is 0.335 e. The molecule has 1 amide bonds. The van der Waals surface area contributed by atoms with Crippen LogP contribution in [0.25, 0.3) is 10.9 Å². The maximum Gasteiger partial charge on any atom is 0.335 e. The summed E-state index contributed by atoms with van der Waals surface area (Å²) in [6, 6.07) is 5.53. The second-order valence-corrected chi connectivity index (χ2v) is 6.17. The molecule has 0 fully saturated rings. The predicted molar refractivity (Wildman–Crippen MR) is 82.0 cm³/mol. The van der Waals surface area contributed by atoms with E-state index in [1.165, 1.54) is 11.3 Å². The highest BCUT2D eigenvalue weighted by atomic mass is 16.4. The summed E-state index contributed by atoms with van der Waals surface area (Å²) in [5.41, 5.74) is 3.90. The quantitative estimate of drug-likeness (QED) is 0.880. The molecule has 1 unspecified atom stereocenters. The van der Waals surface area contributed by atoms with Crippen LogP contribution in [0.5, 0.6) is 0 Å². The molecule has 0 spiro atoms. The lowest BCUT2D eigenvalue weighted by Crippen LogP contribution is -2.42. The summed E-state index contributed by atoms with van der Waals surface area (Å²) in [5.74, 6) is -0.767. The molecule has 1 N–H and O–H groups in total. The largest absolute Gasteiger partial charge is 0.478 e. The van der Waals surface area contributed by atoms with Crippen molar-refractivity contribution in [1.82, 2.24) is 9.47 Å². The molecular weight excluding hydrogens is 280 g/mol. The number of carbonyl (C=O) groups excluding carboxylic acids is 1. The minimum Gasteiger partial charge on any atom is -0.478 e. The first-order chi connectivity index (χ1) is 10.6. The number of benzene rings is 1. The number of nitrogens with zero attached hydrogens (tertiary/aromatic N) is 2. The fourth-order valence-electron chi connectivity index (χ4n) is 4.11. The topological polar surface area (TPSA) is 62.5 Å². The van der Waals surface area contributed by atoms with Crippen molar-refractivity contribution in [2.75, 3.05) is 6.54 Å². The Kier molecular flexibility index (Phi) is 2.79. The molecular formula is C17H18N2O3. The zero-order valence-electron chi connectivity index (χ0n) is 12.5. The molecule has 2 aliphatic rings. The first-order valence-electron chi connectivity index (χ1n) is 7.73. The molecule has 1 aliphatic carbocycles. The summed E-state index contributed by atoms with van der Waals surface area (Å²) in [7, 11) is 0. The summed E-state index contributed by atoms with van der Waals surface area (Å²) < 4.78 is 2.29. The van der Waals surface area contributed by atoms with Gasteiger partial charge in [-0.3, -0.25) is 4.79 Å². The third-order valence-corrected chi connectivity index (χ3v) is 5.02. The van der Waals surface area contributed by atoms with Crippen LogP contribution in [-0.2, 0) is 17.8 Å². The van der Waals surface area contributed by atoms with Gasteiger partial charge in [-0.25, -0.2) is 4.79 Å². The minimum atomic E-state index is -0.893. The van der Waals surface area contributed by atoms with Crippen LogP contribution in [0.2, 0.25) is 0 Å². The monoisotopic (exact) mass is 298 g/mol. The first kappa shape index (κ1) is 13.4. The molecule has 0 radical (unpaired) electrons. The van der Waals surface area contributed by atoms with Crippen molar-refractivity contribution in [3.8, 4) is 0 Å². The third kappa shape index (κ3) is 1.71.